The molecule has 140 valence electrons. The maximum atomic E-state index is 14.0. The van der Waals surface area contributed by atoms with Gasteiger partial charge in [0.25, 0.3) is 5.91 Å². The van der Waals surface area contributed by atoms with Crippen molar-refractivity contribution in [2.45, 2.75) is 6.92 Å². The minimum atomic E-state index is -0.486. The Bertz CT molecular complexity index is 1160. The van der Waals surface area contributed by atoms with Gasteiger partial charge in [0.05, 0.1) is 17.1 Å². The molecule has 0 aliphatic carbocycles. The third-order valence-electron chi connectivity index (χ3n) is 4.52. The van der Waals surface area contributed by atoms with Crippen LogP contribution in [0.15, 0.2) is 72.9 Å². The number of aryl methyl sites for hydroxylation is 2. The van der Waals surface area contributed by atoms with Gasteiger partial charge in [-0.15, -0.1) is 0 Å². The van der Waals surface area contributed by atoms with E-state index in [1.54, 1.807) is 22.9 Å². The van der Waals surface area contributed by atoms with E-state index in [0.717, 1.165) is 16.9 Å². The Balaban J connectivity index is 1.80. The lowest BCUT2D eigenvalue weighted by molar-refractivity contribution is 0.101. The summed E-state index contributed by atoms with van der Waals surface area (Å²) in [5, 5.41) is 7.29. The first-order chi connectivity index (χ1) is 13.5. The van der Waals surface area contributed by atoms with Crippen LogP contribution in [0.5, 0.6) is 0 Å². The molecule has 2 aromatic heterocycles. The van der Waals surface area contributed by atoms with Gasteiger partial charge in [-0.2, -0.15) is 5.10 Å². The first-order valence-corrected chi connectivity index (χ1v) is 8.87. The summed E-state index contributed by atoms with van der Waals surface area (Å²) in [4.78, 5) is 13.0. The molecule has 0 aliphatic heterocycles. The number of rotatable bonds is 4. The second-order valence-electron chi connectivity index (χ2n) is 6.60. The molecule has 0 aliphatic rings. The monoisotopic (exact) mass is 374 g/mol. The van der Waals surface area contributed by atoms with Crippen molar-refractivity contribution in [2.24, 2.45) is 7.05 Å². The number of benzene rings is 2. The molecule has 28 heavy (non-hydrogen) atoms. The summed E-state index contributed by atoms with van der Waals surface area (Å²) in [6.07, 6.45) is 1.92. The summed E-state index contributed by atoms with van der Waals surface area (Å²) in [5.41, 5.74) is 3.81. The predicted octanol–water partition coefficient (Wildman–Crippen LogP) is 4.58. The summed E-state index contributed by atoms with van der Waals surface area (Å²) < 4.78 is 17.5. The van der Waals surface area contributed by atoms with Gasteiger partial charge in [-0.25, -0.2) is 9.07 Å². The zero-order valence-electron chi connectivity index (χ0n) is 15.6. The van der Waals surface area contributed by atoms with E-state index in [-0.39, 0.29) is 5.69 Å². The van der Waals surface area contributed by atoms with Gasteiger partial charge in [-0.05, 0) is 55.0 Å². The van der Waals surface area contributed by atoms with E-state index in [1.165, 1.54) is 12.1 Å². The van der Waals surface area contributed by atoms with Crippen molar-refractivity contribution in [3.63, 3.8) is 0 Å². The van der Waals surface area contributed by atoms with Crippen LogP contribution >= 0.6 is 0 Å². The fourth-order valence-corrected chi connectivity index (χ4v) is 3.10. The lowest BCUT2D eigenvalue weighted by Gasteiger charge is -2.09. The molecule has 1 amide bonds. The van der Waals surface area contributed by atoms with Crippen LogP contribution in [0.25, 0.3) is 17.1 Å². The number of carbonyl (C=O) groups excluding carboxylic acids is 1. The van der Waals surface area contributed by atoms with Crippen LogP contribution in [0.1, 0.15) is 16.1 Å². The molecule has 2 aromatic carbocycles. The molecule has 0 bridgehead atoms. The van der Waals surface area contributed by atoms with Crippen LogP contribution in [0.2, 0.25) is 0 Å². The van der Waals surface area contributed by atoms with Crippen LogP contribution in [-0.2, 0) is 7.05 Å². The summed E-state index contributed by atoms with van der Waals surface area (Å²) in [6, 6.07) is 19.4. The Morgan fingerprint density at radius 3 is 2.57 bits per heavy atom. The quantitative estimate of drug-likeness (QED) is 0.569. The first-order valence-electron chi connectivity index (χ1n) is 8.87. The molecule has 6 heteroatoms. The van der Waals surface area contributed by atoms with Gasteiger partial charge in [-0.1, -0.05) is 24.3 Å². The molecule has 0 atom stereocenters. The van der Waals surface area contributed by atoms with Crippen molar-refractivity contribution in [3.8, 4) is 17.1 Å². The van der Waals surface area contributed by atoms with E-state index >= 15 is 0 Å². The third-order valence-corrected chi connectivity index (χ3v) is 4.52. The maximum Gasteiger partial charge on any atom is 0.274 e. The minimum Gasteiger partial charge on any atom is -0.349 e. The summed E-state index contributed by atoms with van der Waals surface area (Å²) in [7, 11) is 1.92. The van der Waals surface area contributed by atoms with Gasteiger partial charge < -0.3 is 9.88 Å². The molecule has 0 saturated carbocycles. The Morgan fingerprint density at radius 1 is 1.04 bits per heavy atom. The normalized spacial score (nSPS) is 10.8. The molecular formula is C22H19FN4O. The van der Waals surface area contributed by atoms with Crippen LogP contribution in [0, 0.1) is 12.7 Å². The number of hydrogen-bond acceptors (Lipinski definition) is 2. The highest BCUT2D eigenvalue weighted by molar-refractivity contribution is 6.04. The van der Waals surface area contributed by atoms with Crippen molar-refractivity contribution in [2.75, 3.05) is 5.32 Å². The van der Waals surface area contributed by atoms with E-state index in [1.807, 2.05) is 61.1 Å². The minimum absolute atomic E-state index is 0.130. The molecule has 1 N–H and O–H groups in total. The number of halogens is 1. The topological polar surface area (TPSA) is 51.9 Å². The summed E-state index contributed by atoms with van der Waals surface area (Å²) >= 11 is 0. The van der Waals surface area contributed by atoms with E-state index < -0.39 is 11.7 Å². The lowest BCUT2D eigenvalue weighted by Crippen LogP contribution is -2.17. The predicted molar refractivity (Wildman–Crippen MR) is 107 cm³/mol. The van der Waals surface area contributed by atoms with Gasteiger partial charge in [-0.3, -0.25) is 4.79 Å². The molecule has 4 aromatic rings. The van der Waals surface area contributed by atoms with Crippen molar-refractivity contribution >= 4 is 11.6 Å². The van der Waals surface area contributed by atoms with E-state index in [4.69, 9.17) is 0 Å². The number of aromatic nitrogens is 3. The molecule has 2 heterocycles. The number of para-hydroxylation sites is 1. The smallest absolute Gasteiger partial charge is 0.274 e. The van der Waals surface area contributed by atoms with Crippen molar-refractivity contribution in [3.05, 3.63) is 90.0 Å². The van der Waals surface area contributed by atoms with Gasteiger partial charge in [0.15, 0.2) is 0 Å². The SMILES string of the molecule is Cc1cccc(-n2nc(-c3cccn3C)cc2C(=O)Nc2ccccc2F)c1. The number of hydrogen-bond donors (Lipinski definition) is 1. The molecule has 0 fully saturated rings. The van der Waals surface area contributed by atoms with Gasteiger partial charge in [0, 0.05) is 13.2 Å². The van der Waals surface area contributed by atoms with Crippen molar-refractivity contribution in [1.29, 1.82) is 0 Å². The third kappa shape index (κ3) is 3.32. The Labute approximate surface area is 162 Å². The molecule has 0 saturated heterocycles. The number of carbonyl (C=O) groups is 1. The van der Waals surface area contributed by atoms with E-state index in [2.05, 4.69) is 10.4 Å². The highest BCUT2D eigenvalue weighted by atomic mass is 19.1. The van der Waals surface area contributed by atoms with Crippen LogP contribution in [-0.4, -0.2) is 20.3 Å². The fourth-order valence-electron chi connectivity index (χ4n) is 3.10. The van der Waals surface area contributed by atoms with Crippen LogP contribution in [0.3, 0.4) is 0 Å². The maximum absolute atomic E-state index is 14.0. The van der Waals surface area contributed by atoms with Gasteiger partial charge >= 0.3 is 0 Å². The zero-order chi connectivity index (χ0) is 19.7. The highest BCUT2D eigenvalue weighted by Gasteiger charge is 2.19. The summed E-state index contributed by atoms with van der Waals surface area (Å²) in [6.45, 7) is 1.98. The average Bonchev–Trinajstić information content (AvgIpc) is 3.30. The molecule has 0 unspecified atom stereocenters. The fraction of sp³-hybridized carbons (Fsp3) is 0.0909. The molecule has 4 rings (SSSR count). The Kier molecular flexibility index (Phi) is 4.53. The highest BCUT2D eigenvalue weighted by Crippen LogP contribution is 2.23. The molecule has 0 radical (unpaired) electrons. The number of nitrogens with zero attached hydrogens (tertiary/aromatic N) is 3. The Morgan fingerprint density at radius 2 is 1.86 bits per heavy atom. The van der Waals surface area contributed by atoms with Crippen LogP contribution in [0.4, 0.5) is 10.1 Å². The second-order valence-corrected chi connectivity index (χ2v) is 6.60. The van der Waals surface area contributed by atoms with Crippen molar-refractivity contribution in [1.82, 2.24) is 14.3 Å². The van der Waals surface area contributed by atoms with Gasteiger partial charge in [0.2, 0.25) is 0 Å². The van der Waals surface area contributed by atoms with Crippen LogP contribution < -0.4 is 5.32 Å². The molecular weight excluding hydrogens is 355 g/mol. The molecule has 5 nitrogen and oxygen atoms in total. The van der Waals surface area contributed by atoms with E-state index in [9.17, 15) is 9.18 Å². The largest absolute Gasteiger partial charge is 0.349 e. The molecule has 0 spiro atoms. The zero-order valence-corrected chi connectivity index (χ0v) is 15.6. The standard InChI is InChI=1S/C22H19FN4O/c1-15-7-5-8-16(13-15)27-21(14-19(25-27)20-11-6-12-26(20)2)22(28)24-18-10-4-3-9-17(18)23/h3-14H,1-2H3,(H,24,28). The lowest BCUT2D eigenvalue weighted by atomic mass is 10.2. The van der Waals surface area contributed by atoms with Crippen molar-refractivity contribution < 1.29 is 9.18 Å². The Hall–Kier alpha value is -3.67. The summed E-state index contributed by atoms with van der Waals surface area (Å²) in [5.74, 6) is -0.917. The second kappa shape index (κ2) is 7.15. The number of amides is 1. The number of nitrogens with one attached hydrogen (secondary N) is 1. The van der Waals surface area contributed by atoms with E-state index in [0.29, 0.717) is 11.4 Å². The first kappa shape index (κ1) is 17.7. The average molecular weight is 374 g/mol. The van der Waals surface area contributed by atoms with Gasteiger partial charge in [0.1, 0.15) is 17.2 Å². The number of anilines is 1.